The second-order valence-corrected chi connectivity index (χ2v) is 8.51. The molecular weight excluding hydrogens is 484 g/mol. The van der Waals surface area contributed by atoms with E-state index in [1.807, 2.05) is 47.1 Å². The molecule has 0 aliphatic carbocycles. The zero-order valence-electron chi connectivity index (χ0n) is 20.7. The zero-order chi connectivity index (χ0) is 26.6. The van der Waals surface area contributed by atoms with Crippen molar-refractivity contribution in [1.82, 2.24) is 14.4 Å². The van der Waals surface area contributed by atoms with E-state index >= 15 is 0 Å². The fraction of sp³-hybridized carbons (Fsp3) is 0.103. The molecule has 38 heavy (non-hydrogen) atoms. The number of aromatic carboxylic acids is 1. The molecule has 0 bridgehead atoms. The molecule has 0 spiro atoms. The Labute approximate surface area is 218 Å². The number of benzene rings is 3. The van der Waals surface area contributed by atoms with E-state index in [0.29, 0.717) is 34.2 Å². The van der Waals surface area contributed by atoms with Crippen LogP contribution in [0.15, 0.2) is 85.3 Å². The maximum Gasteiger partial charge on any atom is 0.335 e. The number of carboxylic acids is 1. The highest BCUT2D eigenvalue weighted by atomic mass is 16.5. The van der Waals surface area contributed by atoms with E-state index in [0.717, 1.165) is 16.8 Å². The quantitative estimate of drug-likeness (QED) is 0.259. The lowest BCUT2D eigenvalue weighted by molar-refractivity contribution is 0.0696. The average molecular weight is 509 g/mol. The van der Waals surface area contributed by atoms with E-state index in [2.05, 4.69) is 10.3 Å². The molecule has 0 atom stereocenters. The van der Waals surface area contributed by atoms with Gasteiger partial charge >= 0.3 is 5.97 Å². The third-order valence-corrected chi connectivity index (χ3v) is 6.09. The van der Waals surface area contributed by atoms with Gasteiger partial charge < -0.3 is 24.3 Å². The van der Waals surface area contributed by atoms with Gasteiger partial charge in [-0.1, -0.05) is 36.4 Å². The Hall–Kier alpha value is -5.18. The summed E-state index contributed by atoms with van der Waals surface area (Å²) in [6, 6.07) is 19.1. The molecule has 2 heterocycles. The summed E-state index contributed by atoms with van der Waals surface area (Å²) in [6.45, 7) is 0. The van der Waals surface area contributed by atoms with Crippen molar-refractivity contribution in [3.63, 3.8) is 0 Å². The summed E-state index contributed by atoms with van der Waals surface area (Å²) in [5.74, 6) is 0.713. The summed E-state index contributed by atoms with van der Waals surface area (Å²) in [6.07, 6.45) is 5.60. The van der Waals surface area contributed by atoms with Crippen molar-refractivity contribution in [2.45, 2.75) is 6.42 Å². The molecule has 5 rings (SSSR count). The molecule has 0 saturated heterocycles. The van der Waals surface area contributed by atoms with Crippen LogP contribution in [-0.2, 0) is 6.42 Å². The molecular formula is C29H24N4O5. The van der Waals surface area contributed by atoms with Crippen LogP contribution in [0.4, 0.5) is 11.5 Å². The van der Waals surface area contributed by atoms with Crippen LogP contribution >= 0.6 is 0 Å². The Morgan fingerprint density at radius 2 is 1.63 bits per heavy atom. The molecule has 0 aliphatic rings. The highest BCUT2D eigenvalue weighted by Crippen LogP contribution is 2.32. The van der Waals surface area contributed by atoms with Crippen LogP contribution in [0.2, 0.25) is 0 Å². The third kappa shape index (κ3) is 5.03. The van der Waals surface area contributed by atoms with E-state index in [1.165, 1.54) is 12.1 Å². The molecule has 0 aliphatic heterocycles. The van der Waals surface area contributed by atoms with Crippen molar-refractivity contribution < 1.29 is 24.2 Å². The first kappa shape index (κ1) is 24.5. The molecule has 3 aromatic carbocycles. The molecule has 190 valence electrons. The van der Waals surface area contributed by atoms with Gasteiger partial charge in [-0.15, -0.1) is 0 Å². The van der Waals surface area contributed by atoms with Crippen molar-refractivity contribution in [2.24, 2.45) is 0 Å². The molecule has 5 aromatic rings. The minimum Gasteiger partial charge on any atom is -0.493 e. The first-order valence-corrected chi connectivity index (χ1v) is 11.7. The number of hydrogen-bond acceptors (Lipinski definition) is 7. The summed E-state index contributed by atoms with van der Waals surface area (Å²) < 4.78 is 12.6. The zero-order valence-corrected chi connectivity index (χ0v) is 20.7. The fourth-order valence-corrected chi connectivity index (χ4v) is 4.08. The predicted octanol–water partition coefficient (Wildman–Crippen LogP) is 5.28. The van der Waals surface area contributed by atoms with E-state index in [4.69, 9.17) is 19.6 Å². The van der Waals surface area contributed by atoms with Gasteiger partial charge in [-0.2, -0.15) is 0 Å². The van der Waals surface area contributed by atoms with E-state index in [9.17, 15) is 9.59 Å². The number of carbonyl (C=O) groups excluding carboxylic acids is 1. The topological polar surface area (TPSA) is 115 Å². The maximum absolute atomic E-state index is 12.8. The Morgan fingerprint density at radius 1 is 0.921 bits per heavy atom. The molecule has 2 N–H and O–H groups in total. The summed E-state index contributed by atoms with van der Waals surface area (Å²) in [7, 11) is 3.16. The van der Waals surface area contributed by atoms with E-state index < -0.39 is 5.97 Å². The number of anilines is 2. The van der Waals surface area contributed by atoms with Gasteiger partial charge in [0.15, 0.2) is 28.7 Å². The van der Waals surface area contributed by atoms with Crippen LogP contribution in [0.5, 0.6) is 11.5 Å². The molecule has 0 radical (unpaired) electrons. The van der Waals surface area contributed by atoms with Crippen LogP contribution in [-0.4, -0.2) is 45.4 Å². The van der Waals surface area contributed by atoms with Crippen LogP contribution in [0.25, 0.3) is 16.9 Å². The number of ether oxygens (including phenoxy) is 2. The van der Waals surface area contributed by atoms with E-state index in [-0.39, 0.29) is 17.8 Å². The smallest absolute Gasteiger partial charge is 0.335 e. The van der Waals surface area contributed by atoms with Gasteiger partial charge in [0.05, 0.1) is 25.5 Å². The standard InChI is InChI=1S/C29H24N4O5/c1-37-25-12-11-22(16-26(25)38-2)31-27-28-30-13-14-33(28)17-23(32-27)19-7-9-20(10-8-19)24(34)15-18-3-5-21(6-4-18)29(35)36/h3-14,16-17H,15H2,1-2H3,(H,31,32)(H,35,36). The number of fused-ring (bicyclic) bond motifs is 1. The lowest BCUT2D eigenvalue weighted by atomic mass is 10.0. The Balaban J connectivity index is 1.38. The second kappa shape index (κ2) is 10.4. The third-order valence-electron chi connectivity index (χ3n) is 6.09. The number of carboxylic acid groups (broad SMARTS) is 1. The largest absolute Gasteiger partial charge is 0.493 e. The molecule has 0 saturated carbocycles. The number of hydrogen-bond donors (Lipinski definition) is 2. The average Bonchev–Trinajstić information content (AvgIpc) is 3.42. The Bertz CT molecular complexity index is 1630. The van der Waals surface area contributed by atoms with Crippen LogP contribution in [0, 0.1) is 0 Å². The summed E-state index contributed by atoms with van der Waals surface area (Å²) in [5, 5.41) is 12.4. The summed E-state index contributed by atoms with van der Waals surface area (Å²) in [5.41, 5.74) is 4.44. The normalized spacial score (nSPS) is 10.8. The lowest BCUT2D eigenvalue weighted by Gasteiger charge is -2.13. The van der Waals surface area contributed by atoms with Crippen molar-refractivity contribution in [1.29, 1.82) is 0 Å². The van der Waals surface area contributed by atoms with Gasteiger partial charge in [-0.05, 0) is 29.8 Å². The first-order valence-electron chi connectivity index (χ1n) is 11.7. The molecule has 0 fully saturated rings. The van der Waals surface area contributed by atoms with Crippen molar-refractivity contribution >= 4 is 28.9 Å². The first-order chi connectivity index (χ1) is 18.4. The molecule has 9 nitrogen and oxygen atoms in total. The summed E-state index contributed by atoms with van der Waals surface area (Å²) >= 11 is 0. The van der Waals surface area contributed by atoms with Crippen LogP contribution < -0.4 is 14.8 Å². The summed E-state index contributed by atoms with van der Waals surface area (Å²) in [4.78, 5) is 33.1. The monoisotopic (exact) mass is 508 g/mol. The van der Waals surface area contributed by atoms with Crippen molar-refractivity contribution in [2.75, 3.05) is 19.5 Å². The number of nitrogens with zero attached hydrogens (tertiary/aromatic N) is 3. The highest BCUT2D eigenvalue weighted by Gasteiger charge is 2.13. The number of methoxy groups -OCH3 is 2. The van der Waals surface area contributed by atoms with Gasteiger partial charge in [0.1, 0.15) is 0 Å². The lowest BCUT2D eigenvalue weighted by Crippen LogP contribution is -2.04. The Morgan fingerprint density at radius 3 is 2.32 bits per heavy atom. The highest BCUT2D eigenvalue weighted by molar-refractivity contribution is 5.98. The molecule has 0 unspecified atom stereocenters. The van der Waals surface area contributed by atoms with Gasteiger partial charge in [0.25, 0.3) is 0 Å². The minimum atomic E-state index is -0.997. The van der Waals surface area contributed by atoms with Gasteiger partial charge in [0, 0.05) is 47.9 Å². The van der Waals surface area contributed by atoms with Gasteiger partial charge in [0.2, 0.25) is 0 Å². The molecule has 0 amide bonds. The minimum absolute atomic E-state index is 0.0616. The fourth-order valence-electron chi connectivity index (χ4n) is 4.08. The number of aromatic nitrogens is 3. The number of carbonyl (C=O) groups is 2. The number of rotatable bonds is 9. The molecule has 9 heteroatoms. The van der Waals surface area contributed by atoms with Gasteiger partial charge in [-0.3, -0.25) is 4.79 Å². The van der Waals surface area contributed by atoms with Crippen LogP contribution in [0.1, 0.15) is 26.3 Å². The number of nitrogens with one attached hydrogen (secondary N) is 1. The Kier molecular flexibility index (Phi) is 6.73. The SMILES string of the molecule is COc1ccc(Nc2nc(-c3ccc(C(=O)Cc4ccc(C(=O)O)cc4)cc3)cn3ccnc23)cc1OC. The number of Topliss-reactive ketones (excluding diaryl/α,β-unsaturated/α-hetero) is 1. The predicted molar refractivity (Wildman–Crippen MR) is 143 cm³/mol. The second-order valence-electron chi connectivity index (χ2n) is 8.51. The van der Waals surface area contributed by atoms with E-state index in [1.54, 1.807) is 44.7 Å². The number of imidazole rings is 1. The number of ketones is 1. The van der Waals surface area contributed by atoms with Crippen molar-refractivity contribution in [3.05, 3.63) is 102 Å². The van der Waals surface area contributed by atoms with Crippen molar-refractivity contribution in [3.8, 4) is 22.8 Å². The van der Waals surface area contributed by atoms with Gasteiger partial charge in [-0.25, -0.2) is 14.8 Å². The molecule has 2 aromatic heterocycles. The maximum atomic E-state index is 12.8. The van der Waals surface area contributed by atoms with Crippen LogP contribution in [0.3, 0.4) is 0 Å².